The highest BCUT2D eigenvalue weighted by atomic mass is 35.5. The van der Waals surface area contributed by atoms with Crippen LogP contribution in [0.3, 0.4) is 0 Å². The van der Waals surface area contributed by atoms with Gasteiger partial charge in [0.2, 0.25) is 0 Å². The van der Waals surface area contributed by atoms with Crippen molar-refractivity contribution in [1.82, 2.24) is 0 Å². The van der Waals surface area contributed by atoms with E-state index in [-0.39, 0.29) is 32.7 Å². The zero-order chi connectivity index (χ0) is 24.5. The molecule has 0 bridgehead atoms. The molecule has 34 heavy (non-hydrogen) atoms. The molecule has 1 heterocycles. The molecule has 7 nitrogen and oxygen atoms in total. The lowest BCUT2D eigenvalue weighted by atomic mass is 10.2. The number of hydrogen-bond donors (Lipinski definition) is 1. The number of amides is 1. The summed E-state index contributed by atoms with van der Waals surface area (Å²) in [7, 11) is -2.59. The first kappa shape index (κ1) is 23.8. The van der Waals surface area contributed by atoms with Gasteiger partial charge in [-0.15, -0.1) is 0 Å². The average Bonchev–Trinajstić information content (AvgIpc) is 3.25. The third kappa shape index (κ3) is 4.64. The number of benzene rings is 3. The van der Waals surface area contributed by atoms with E-state index in [2.05, 4.69) is 10.1 Å². The van der Waals surface area contributed by atoms with E-state index in [1.807, 2.05) is 12.1 Å². The van der Waals surface area contributed by atoms with E-state index >= 15 is 0 Å². The van der Waals surface area contributed by atoms with Crippen molar-refractivity contribution in [3.8, 4) is 11.5 Å². The third-order valence-corrected chi connectivity index (χ3v) is 7.36. The van der Waals surface area contributed by atoms with Gasteiger partial charge < -0.3 is 14.8 Å². The number of sulfonamides is 1. The Morgan fingerprint density at radius 1 is 1.09 bits per heavy atom. The first-order valence-electron chi connectivity index (χ1n) is 10.0. The van der Waals surface area contributed by atoms with Crippen LogP contribution >= 0.6 is 11.6 Å². The zero-order valence-electron chi connectivity index (χ0n) is 17.8. The standard InChI is InChI=1S/C23H19ClF2N2O5S/c1-32-20-9-7-16(34(30,31)28-11-10-14-4-2-3-5-19(14)28)13-17(20)22(29)27-15-6-8-21(18(24)12-15)33-23(25)26/h2-9,12-13,23H,10-11H2,1H3,(H,27,29). The Morgan fingerprint density at radius 3 is 2.53 bits per heavy atom. The lowest BCUT2D eigenvalue weighted by Gasteiger charge is -2.20. The predicted molar refractivity (Wildman–Crippen MR) is 124 cm³/mol. The van der Waals surface area contributed by atoms with Crippen LogP contribution in [-0.2, 0) is 16.4 Å². The van der Waals surface area contributed by atoms with Gasteiger partial charge in [-0.25, -0.2) is 8.42 Å². The number of carbonyl (C=O) groups excluding carboxylic acids is 1. The summed E-state index contributed by atoms with van der Waals surface area (Å²) in [6.45, 7) is -2.75. The van der Waals surface area contributed by atoms with E-state index in [0.29, 0.717) is 18.7 Å². The lowest BCUT2D eigenvalue weighted by molar-refractivity contribution is -0.0497. The number of methoxy groups -OCH3 is 1. The van der Waals surface area contributed by atoms with Crippen LogP contribution in [0.2, 0.25) is 5.02 Å². The summed E-state index contributed by atoms with van der Waals surface area (Å²) in [5, 5.41) is 2.43. The second-order valence-electron chi connectivity index (χ2n) is 7.30. The molecule has 0 spiro atoms. The number of halogens is 3. The molecular formula is C23H19ClF2N2O5S. The highest BCUT2D eigenvalue weighted by molar-refractivity contribution is 7.92. The Kier molecular flexibility index (Phi) is 6.63. The molecule has 3 aromatic rings. The van der Waals surface area contributed by atoms with Crippen molar-refractivity contribution in [2.24, 2.45) is 0 Å². The number of rotatable bonds is 7. The van der Waals surface area contributed by atoms with Gasteiger partial charge in [-0.1, -0.05) is 29.8 Å². The maximum absolute atomic E-state index is 13.4. The number of ether oxygens (including phenoxy) is 2. The van der Waals surface area contributed by atoms with Gasteiger partial charge in [0.05, 0.1) is 28.3 Å². The molecular weight excluding hydrogens is 490 g/mol. The van der Waals surface area contributed by atoms with Gasteiger partial charge in [0.25, 0.3) is 15.9 Å². The molecule has 0 unspecified atom stereocenters. The molecule has 4 rings (SSSR count). The largest absolute Gasteiger partial charge is 0.496 e. The molecule has 1 N–H and O–H groups in total. The van der Waals surface area contributed by atoms with Crippen LogP contribution in [0.5, 0.6) is 11.5 Å². The maximum atomic E-state index is 13.4. The number of fused-ring (bicyclic) bond motifs is 1. The van der Waals surface area contributed by atoms with Gasteiger partial charge in [0.1, 0.15) is 11.5 Å². The molecule has 3 aromatic carbocycles. The van der Waals surface area contributed by atoms with E-state index < -0.39 is 22.5 Å². The Labute approximate surface area is 199 Å². The molecule has 0 saturated heterocycles. The fourth-order valence-corrected chi connectivity index (χ4v) is 5.43. The van der Waals surface area contributed by atoms with Crippen molar-refractivity contribution in [3.63, 3.8) is 0 Å². The second kappa shape index (κ2) is 9.47. The van der Waals surface area contributed by atoms with Crippen molar-refractivity contribution in [1.29, 1.82) is 0 Å². The molecule has 11 heteroatoms. The maximum Gasteiger partial charge on any atom is 0.387 e. The summed E-state index contributed by atoms with van der Waals surface area (Å²) in [5.41, 5.74) is 1.69. The Morgan fingerprint density at radius 2 is 1.82 bits per heavy atom. The van der Waals surface area contributed by atoms with E-state index in [4.69, 9.17) is 16.3 Å². The highest BCUT2D eigenvalue weighted by Gasteiger charge is 2.31. The Balaban J connectivity index is 1.63. The summed E-state index contributed by atoms with van der Waals surface area (Å²) < 4.78 is 62.4. The van der Waals surface area contributed by atoms with Crippen LogP contribution in [-0.4, -0.2) is 34.6 Å². The molecule has 0 fully saturated rings. The molecule has 0 aliphatic carbocycles. The molecule has 178 valence electrons. The SMILES string of the molecule is COc1ccc(S(=O)(=O)N2CCc3ccccc32)cc1C(=O)Nc1ccc(OC(F)F)c(Cl)c1. The number of nitrogens with zero attached hydrogens (tertiary/aromatic N) is 1. The van der Waals surface area contributed by atoms with Gasteiger partial charge in [0, 0.05) is 12.2 Å². The second-order valence-corrected chi connectivity index (χ2v) is 9.57. The minimum absolute atomic E-state index is 0.0277. The molecule has 0 radical (unpaired) electrons. The number of carbonyl (C=O) groups is 1. The Bertz CT molecular complexity index is 1350. The molecule has 1 aliphatic heterocycles. The van der Waals surface area contributed by atoms with Gasteiger partial charge in [-0.3, -0.25) is 9.10 Å². The summed E-state index contributed by atoms with van der Waals surface area (Å²) in [6.07, 6.45) is 0.588. The van der Waals surface area contributed by atoms with Crippen molar-refractivity contribution < 1.29 is 31.5 Å². The van der Waals surface area contributed by atoms with Gasteiger partial charge in [0.15, 0.2) is 0 Å². The number of alkyl halides is 2. The van der Waals surface area contributed by atoms with E-state index in [9.17, 15) is 22.0 Å². The van der Waals surface area contributed by atoms with Crippen molar-refractivity contribution in [2.45, 2.75) is 17.9 Å². The van der Waals surface area contributed by atoms with E-state index in [0.717, 1.165) is 5.56 Å². The first-order valence-corrected chi connectivity index (χ1v) is 11.9. The van der Waals surface area contributed by atoms with Crippen LogP contribution in [0.4, 0.5) is 20.2 Å². The Hall–Kier alpha value is -3.37. The first-order chi connectivity index (χ1) is 16.2. The minimum Gasteiger partial charge on any atom is -0.496 e. The topological polar surface area (TPSA) is 84.9 Å². The van der Waals surface area contributed by atoms with Crippen LogP contribution in [0.1, 0.15) is 15.9 Å². The summed E-state index contributed by atoms with van der Waals surface area (Å²) in [5.74, 6) is -0.762. The van der Waals surface area contributed by atoms with Crippen LogP contribution in [0.15, 0.2) is 65.6 Å². The summed E-state index contributed by atoms with van der Waals surface area (Å²) in [6, 6.07) is 15.0. The van der Waals surface area contributed by atoms with E-state index in [1.165, 1.54) is 47.8 Å². The fraction of sp³-hybridized carbons (Fsp3) is 0.174. The van der Waals surface area contributed by atoms with Gasteiger partial charge in [-0.2, -0.15) is 8.78 Å². The molecule has 0 atom stereocenters. The number of nitrogens with one attached hydrogen (secondary N) is 1. The smallest absolute Gasteiger partial charge is 0.387 e. The summed E-state index contributed by atoms with van der Waals surface area (Å²) in [4.78, 5) is 12.9. The zero-order valence-corrected chi connectivity index (χ0v) is 19.4. The minimum atomic E-state index is -3.94. The van der Waals surface area contributed by atoms with Crippen molar-refractivity contribution in [2.75, 3.05) is 23.3 Å². The highest BCUT2D eigenvalue weighted by Crippen LogP contribution is 2.34. The van der Waals surface area contributed by atoms with Crippen LogP contribution in [0.25, 0.3) is 0 Å². The predicted octanol–water partition coefficient (Wildman–Crippen LogP) is 4.95. The van der Waals surface area contributed by atoms with E-state index in [1.54, 1.807) is 12.1 Å². The average molecular weight is 509 g/mol. The monoisotopic (exact) mass is 508 g/mol. The fourth-order valence-electron chi connectivity index (χ4n) is 3.68. The normalized spacial score (nSPS) is 13.0. The number of anilines is 2. The molecule has 1 amide bonds. The quantitative estimate of drug-likeness (QED) is 0.488. The third-order valence-electron chi connectivity index (χ3n) is 5.25. The molecule has 1 aliphatic rings. The van der Waals surface area contributed by atoms with Gasteiger partial charge in [-0.05, 0) is 54.4 Å². The van der Waals surface area contributed by atoms with Crippen LogP contribution in [0, 0.1) is 0 Å². The van der Waals surface area contributed by atoms with Crippen LogP contribution < -0.4 is 19.1 Å². The molecule has 0 aromatic heterocycles. The number of para-hydroxylation sites is 1. The summed E-state index contributed by atoms with van der Waals surface area (Å²) >= 11 is 5.94. The lowest BCUT2D eigenvalue weighted by Crippen LogP contribution is -2.29. The molecule has 0 saturated carbocycles. The number of hydrogen-bond acceptors (Lipinski definition) is 5. The van der Waals surface area contributed by atoms with Crippen molar-refractivity contribution >= 4 is 38.9 Å². The van der Waals surface area contributed by atoms with Gasteiger partial charge >= 0.3 is 6.61 Å². The van der Waals surface area contributed by atoms with Crippen molar-refractivity contribution in [3.05, 3.63) is 76.8 Å².